The number of fused-ring (bicyclic) bond motifs is 1. The van der Waals surface area contributed by atoms with E-state index in [1.54, 1.807) is 6.20 Å². The van der Waals surface area contributed by atoms with E-state index in [1.165, 1.54) is 0 Å². The van der Waals surface area contributed by atoms with Crippen molar-refractivity contribution in [2.24, 2.45) is 0 Å². The Bertz CT molecular complexity index is 693. The van der Waals surface area contributed by atoms with Crippen molar-refractivity contribution in [1.82, 2.24) is 14.4 Å². The molecule has 3 heterocycles. The van der Waals surface area contributed by atoms with Crippen molar-refractivity contribution in [3.63, 3.8) is 0 Å². The first kappa shape index (κ1) is 13.9. The third kappa shape index (κ3) is 2.29. The number of aromatic nitrogens is 3. The molecule has 5 nitrogen and oxygen atoms in total. The first-order valence-electron chi connectivity index (χ1n) is 7.10. The van der Waals surface area contributed by atoms with Crippen molar-refractivity contribution >= 4 is 33.0 Å². The van der Waals surface area contributed by atoms with Gasteiger partial charge in [0.1, 0.15) is 15.9 Å². The van der Waals surface area contributed by atoms with Crippen LogP contribution >= 0.6 is 27.5 Å². The molecule has 21 heavy (non-hydrogen) atoms. The van der Waals surface area contributed by atoms with E-state index in [4.69, 9.17) is 16.3 Å². The number of hydrogen-bond donors (Lipinski definition) is 1. The van der Waals surface area contributed by atoms with E-state index >= 15 is 0 Å². The van der Waals surface area contributed by atoms with Gasteiger partial charge in [0.25, 0.3) is 0 Å². The van der Waals surface area contributed by atoms with Crippen LogP contribution in [0.3, 0.4) is 0 Å². The quantitative estimate of drug-likeness (QED) is 0.880. The summed E-state index contributed by atoms with van der Waals surface area (Å²) in [6.07, 6.45) is 7.07. The molecule has 2 fully saturated rings. The predicted molar refractivity (Wildman–Crippen MR) is 81.6 cm³/mol. The summed E-state index contributed by atoms with van der Waals surface area (Å²) in [5.41, 5.74) is 0.227. The average molecular weight is 373 g/mol. The molecule has 0 amide bonds. The summed E-state index contributed by atoms with van der Waals surface area (Å²) in [7, 11) is 0. The van der Waals surface area contributed by atoms with Gasteiger partial charge in [-0.15, -0.1) is 0 Å². The predicted octanol–water partition coefficient (Wildman–Crippen LogP) is 2.93. The van der Waals surface area contributed by atoms with E-state index in [0.717, 1.165) is 37.0 Å². The van der Waals surface area contributed by atoms with Crippen molar-refractivity contribution in [3.8, 4) is 0 Å². The Morgan fingerprint density at radius 2 is 2.24 bits per heavy atom. The van der Waals surface area contributed by atoms with E-state index < -0.39 is 5.60 Å². The molecule has 0 radical (unpaired) electrons. The summed E-state index contributed by atoms with van der Waals surface area (Å²) < 4.78 is 8.57. The van der Waals surface area contributed by atoms with E-state index in [2.05, 4.69) is 25.9 Å². The molecule has 0 aromatic carbocycles. The number of rotatable bonds is 2. The molecule has 0 spiro atoms. The average Bonchev–Trinajstić information content (AvgIpc) is 3.14. The van der Waals surface area contributed by atoms with E-state index in [0.29, 0.717) is 16.4 Å². The highest BCUT2D eigenvalue weighted by Gasteiger charge is 2.50. The number of nitrogens with zero attached hydrogens (tertiary/aromatic N) is 3. The van der Waals surface area contributed by atoms with Gasteiger partial charge in [-0.05, 0) is 41.6 Å². The van der Waals surface area contributed by atoms with Crippen molar-refractivity contribution < 1.29 is 9.84 Å². The summed E-state index contributed by atoms with van der Waals surface area (Å²) in [5, 5.41) is 10.6. The lowest BCUT2D eigenvalue weighted by Crippen LogP contribution is -2.36. The Morgan fingerprint density at radius 1 is 1.43 bits per heavy atom. The summed E-state index contributed by atoms with van der Waals surface area (Å²) in [4.78, 5) is 8.68. The van der Waals surface area contributed by atoms with Gasteiger partial charge >= 0.3 is 0 Å². The normalized spacial score (nSPS) is 28.0. The van der Waals surface area contributed by atoms with Crippen LogP contribution in [0.15, 0.2) is 17.0 Å². The Hall–Kier alpha value is -0.690. The van der Waals surface area contributed by atoms with Crippen LogP contribution < -0.4 is 0 Å². The molecule has 2 aromatic rings. The van der Waals surface area contributed by atoms with Crippen LogP contribution in [-0.2, 0) is 4.74 Å². The summed E-state index contributed by atoms with van der Waals surface area (Å²) >= 11 is 9.59. The highest BCUT2D eigenvalue weighted by molar-refractivity contribution is 9.10. The summed E-state index contributed by atoms with van der Waals surface area (Å²) in [6, 6.07) is 0. The summed E-state index contributed by atoms with van der Waals surface area (Å²) in [6.45, 7) is 0.582. The zero-order valence-electron chi connectivity index (χ0n) is 11.3. The standard InChI is InChI=1S/C14H15BrClN3O2/c15-11-10-12(16)17-5-6-19(10)13(18-11)8-1-2-9(21-7-8)14(20)3-4-14/h5-6,8-9,20H,1-4,7H2. The van der Waals surface area contributed by atoms with E-state index in [9.17, 15) is 5.11 Å². The van der Waals surface area contributed by atoms with E-state index in [-0.39, 0.29) is 12.0 Å². The van der Waals surface area contributed by atoms with Gasteiger partial charge in [0, 0.05) is 18.3 Å². The van der Waals surface area contributed by atoms with Gasteiger partial charge in [-0.2, -0.15) is 0 Å². The third-order valence-electron chi connectivity index (χ3n) is 4.50. The molecule has 1 aliphatic carbocycles. The number of hydrogen-bond acceptors (Lipinski definition) is 4. The van der Waals surface area contributed by atoms with Gasteiger partial charge in [0.15, 0.2) is 5.15 Å². The molecule has 7 heteroatoms. The Kier molecular flexibility index (Phi) is 3.26. The number of halogens is 2. The Balaban J connectivity index is 1.62. The Labute approximate surface area is 135 Å². The molecule has 2 aliphatic rings. The molecule has 1 saturated heterocycles. The molecular formula is C14H15BrClN3O2. The summed E-state index contributed by atoms with van der Waals surface area (Å²) in [5.74, 6) is 1.14. The van der Waals surface area contributed by atoms with Gasteiger partial charge in [-0.3, -0.25) is 4.40 Å². The molecule has 2 unspecified atom stereocenters. The fourth-order valence-electron chi connectivity index (χ4n) is 3.10. The fourth-order valence-corrected chi connectivity index (χ4v) is 4.01. The monoisotopic (exact) mass is 371 g/mol. The fraction of sp³-hybridized carbons (Fsp3) is 0.571. The molecule has 112 valence electrons. The van der Waals surface area contributed by atoms with Crippen molar-refractivity contribution in [3.05, 3.63) is 28.0 Å². The molecule has 2 aromatic heterocycles. The van der Waals surface area contributed by atoms with Gasteiger partial charge in [0.2, 0.25) is 0 Å². The van der Waals surface area contributed by atoms with Crippen molar-refractivity contribution in [1.29, 1.82) is 0 Å². The molecule has 4 rings (SSSR count). The zero-order valence-corrected chi connectivity index (χ0v) is 13.6. The SMILES string of the molecule is OC1(C2CCC(c3nc(Br)c4c(Cl)nccn34)CO2)CC1. The third-order valence-corrected chi connectivity index (χ3v) is 5.33. The minimum atomic E-state index is -0.562. The number of ether oxygens (including phenoxy) is 1. The molecular weight excluding hydrogens is 358 g/mol. The Morgan fingerprint density at radius 3 is 2.90 bits per heavy atom. The smallest absolute Gasteiger partial charge is 0.155 e. The van der Waals surface area contributed by atoms with Gasteiger partial charge < -0.3 is 9.84 Å². The van der Waals surface area contributed by atoms with Gasteiger partial charge in [0.05, 0.1) is 18.3 Å². The van der Waals surface area contributed by atoms with E-state index in [1.807, 2.05) is 10.6 Å². The maximum Gasteiger partial charge on any atom is 0.155 e. The van der Waals surface area contributed by atoms with Crippen LogP contribution in [0.1, 0.15) is 37.4 Å². The van der Waals surface area contributed by atoms with Crippen LogP contribution in [0.4, 0.5) is 0 Å². The second-order valence-corrected chi connectivity index (χ2v) is 7.01. The lowest BCUT2D eigenvalue weighted by molar-refractivity contribution is -0.0829. The van der Waals surface area contributed by atoms with Crippen LogP contribution in [0.2, 0.25) is 5.15 Å². The lowest BCUT2D eigenvalue weighted by Gasteiger charge is -2.31. The maximum absolute atomic E-state index is 10.1. The van der Waals surface area contributed by atoms with Crippen LogP contribution in [-0.4, -0.2) is 37.8 Å². The molecule has 1 aliphatic heterocycles. The topological polar surface area (TPSA) is 59.7 Å². The highest BCUT2D eigenvalue weighted by atomic mass is 79.9. The van der Waals surface area contributed by atoms with Gasteiger partial charge in [-0.1, -0.05) is 11.6 Å². The van der Waals surface area contributed by atoms with Crippen LogP contribution in [0.25, 0.3) is 5.52 Å². The largest absolute Gasteiger partial charge is 0.387 e. The second kappa shape index (κ2) is 4.91. The van der Waals surface area contributed by atoms with Gasteiger partial charge in [-0.25, -0.2) is 9.97 Å². The molecule has 1 N–H and O–H groups in total. The van der Waals surface area contributed by atoms with Crippen molar-refractivity contribution in [2.75, 3.05) is 6.61 Å². The van der Waals surface area contributed by atoms with Crippen molar-refractivity contribution in [2.45, 2.75) is 43.3 Å². The number of imidazole rings is 1. The molecule has 2 atom stereocenters. The van der Waals surface area contributed by atoms with Crippen LogP contribution in [0, 0.1) is 0 Å². The molecule has 0 bridgehead atoms. The highest BCUT2D eigenvalue weighted by Crippen LogP contribution is 2.45. The first-order chi connectivity index (χ1) is 10.1. The second-order valence-electron chi connectivity index (χ2n) is 5.90. The zero-order chi connectivity index (χ0) is 14.6. The maximum atomic E-state index is 10.1. The lowest BCUT2D eigenvalue weighted by atomic mass is 9.94. The number of aliphatic hydroxyl groups is 1. The minimum Gasteiger partial charge on any atom is -0.387 e. The van der Waals surface area contributed by atoms with Crippen LogP contribution in [0.5, 0.6) is 0 Å². The minimum absolute atomic E-state index is 0.0197. The molecule has 1 saturated carbocycles. The first-order valence-corrected chi connectivity index (χ1v) is 8.27.